The molecule has 0 aliphatic rings. The number of halogens is 2. The summed E-state index contributed by atoms with van der Waals surface area (Å²) in [7, 11) is 0. The van der Waals surface area contributed by atoms with Crippen LogP contribution >= 0.6 is 23.2 Å². The van der Waals surface area contributed by atoms with Crippen LogP contribution in [-0.2, 0) is 25.9 Å². The van der Waals surface area contributed by atoms with Crippen LogP contribution in [0.4, 0.5) is 0 Å². The van der Waals surface area contributed by atoms with Crippen molar-refractivity contribution < 1.29 is 41.2 Å². The van der Waals surface area contributed by atoms with Gasteiger partial charge in [-0.15, -0.1) is 0 Å². The number of hydrogen-bond acceptors (Lipinski definition) is 5. The van der Waals surface area contributed by atoms with Gasteiger partial charge in [0, 0.05) is 21.1 Å². The summed E-state index contributed by atoms with van der Waals surface area (Å²) >= 11 is 9.67. The Kier molecular flexibility index (Phi) is 10.8. The van der Waals surface area contributed by atoms with E-state index in [9.17, 15) is 0 Å². The summed E-state index contributed by atoms with van der Waals surface area (Å²) in [5.74, 6) is 0. The fourth-order valence-electron chi connectivity index (χ4n) is 0. The Hall–Kier alpha value is 0.578. The molecule has 0 saturated carbocycles. The minimum Gasteiger partial charge on any atom is -0.665 e. The summed E-state index contributed by atoms with van der Waals surface area (Å²) in [5, 5.41) is 18.6. The fraction of sp³-hybridized carbons (Fsp3) is 0.667. The van der Waals surface area contributed by atoms with Crippen LogP contribution in [0.3, 0.4) is 0 Å². The molecular formula is C3H7Cl2N2O4Pt-. The number of nitrogens with two attached hydrogens (primary N) is 2. The van der Waals surface area contributed by atoms with E-state index < -0.39 is 10.4 Å². The molecule has 0 radical (unpaired) electrons. The molecule has 12 heavy (non-hydrogen) atoms. The van der Waals surface area contributed by atoms with E-state index in [1.807, 2.05) is 0 Å². The summed E-state index contributed by atoms with van der Waals surface area (Å²) in [6.45, 7) is 0.500. The van der Waals surface area contributed by atoms with Crippen LogP contribution in [0.5, 0.6) is 0 Å². The second kappa shape index (κ2) is 7.03. The smallest absolute Gasteiger partial charge is 0.250 e. The first-order valence-electron chi connectivity index (χ1n) is 2.08. The van der Waals surface area contributed by atoms with Crippen molar-refractivity contribution in [2.45, 2.75) is 10.4 Å². The maximum Gasteiger partial charge on any atom is 0.250 e. The Morgan fingerprint density at radius 3 is 1.25 bits per heavy atom. The molecule has 0 aliphatic carbocycles. The Morgan fingerprint density at radius 1 is 1.17 bits per heavy atom. The second-order valence-electron chi connectivity index (χ2n) is 1.44. The van der Waals surface area contributed by atoms with E-state index in [0.717, 1.165) is 0 Å². The van der Waals surface area contributed by atoms with E-state index in [1.54, 1.807) is 0 Å². The zero-order chi connectivity index (χ0) is 9.71. The van der Waals surface area contributed by atoms with E-state index >= 15 is 0 Å². The molecule has 0 fully saturated rings. The van der Waals surface area contributed by atoms with Crippen LogP contribution in [0.1, 0.15) is 0 Å². The van der Waals surface area contributed by atoms with Crippen molar-refractivity contribution in [3.05, 3.63) is 0 Å². The number of hydrogen-bond donors (Lipinski definition) is 5. The zero-order valence-corrected chi connectivity index (χ0v) is 9.26. The summed E-state index contributed by atoms with van der Waals surface area (Å²) in [4.78, 5) is 8.24. The van der Waals surface area contributed by atoms with Crippen LogP contribution in [0.2, 0.25) is 0 Å². The van der Waals surface area contributed by atoms with Crippen LogP contribution in [0.15, 0.2) is 0 Å². The van der Waals surface area contributed by atoms with Gasteiger partial charge >= 0.3 is 0 Å². The van der Waals surface area contributed by atoms with Gasteiger partial charge in [0.05, 0.1) is 0 Å². The molecule has 78 valence electrons. The molecule has 0 spiro atoms. The molecule has 0 bridgehead atoms. The summed E-state index contributed by atoms with van der Waals surface area (Å²) in [6.07, 6.45) is 0. The molecule has 0 saturated heterocycles. The molecule has 2 atom stereocenters. The van der Waals surface area contributed by atoms with Gasteiger partial charge in [0.15, 0.2) is 0 Å². The van der Waals surface area contributed by atoms with Crippen molar-refractivity contribution in [3.63, 3.8) is 0 Å². The first-order valence-corrected chi connectivity index (χ1v) is 2.84. The Bertz CT molecular complexity index is 110. The molecule has 0 aromatic carbocycles. The topological polar surface area (TPSA) is 130 Å². The van der Waals surface area contributed by atoms with Crippen LogP contribution in [0, 0.1) is 0 Å². The molecule has 0 aromatic rings. The predicted octanol–water partition coefficient (Wildman–Crippen LogP) is -1.72. The first-order chi connectivity index (χ1) is 4.66. The molecule has 0 amide bonds. The molecular weight excluding hydrogens is 394 g/mol. The molecule has 6 nitrogen and oxygen atoms in total. The summed E-state index contributed by atoms with van der Waals surface area (Å²) < 4.78 is 0. The predicted molar refractivity (Wildman–Crippen MR) is 38.3 cm³/mol. The minimum atomic E-state index is -2.49. The van der Waals surface area contributed by atoms with Gasteiger partial charge in [0.2, 0.25) is 10.4 Å². The van der Waals surface area contributed by atoms with E-state index in [0.29, 0.717) is 6.47 Å². The van der Waals surface area contributed by atoms with Gasteiger partial charge in [0.1, 0.15) is 0 Å². The van der Waals surface area contributed by atoms with Gasteiger partial charge in [-0.2, -0.15) is 0 Å². The monoisotopic (exact) mass is 400 g/mol. The maximum atomic E-state index is 8.39. The van der Waals surface area contributed by atoms with Gasteiger partial charge in [-0.1, -0.05) is 29.7 Å². The zero-order valence-electron chi connectivity index (χ0n) is 5.48. The van der Waals surface area contributed by atoms with E-state index in [4.69, 9.17) is 43.3 Å². The Morgan fingerprint density at radius 2 is 1.25 bits per heavy atom. The largest absolute Gasteiger partial charge is 0.665 e. The molecule has 0 heterocycles. The van der Waals surface area contributed by atoms with Crippen LogP contribution < -0.4 is 11.5 Å². The van der Waals surface area contributed by atoms with Gasteiger partial charge in [0.25, 0.3) is 0 Å². The molecule has 0 aliphatic heterocycles. The molecule has 0 rings (SSSR count). The van der Waals surface area contributed by atoms with Gasteiger partial charge in [-0.3, -0.25) is 11.5 Å². The van der Waals surface area contributed by atoms with Crippen LogP contribution in [0.25, 0.3) is 0 Å². The molecule has 7 N–H and O–H groups in total. The standard InChI is InChI=1S/C2H6Cl2N2O2.CHO2.Pt/c3-1(5,7)2(4,6)8;2-1-3;/h7-8H,5-6H2;(H,2,3);/q;-1;. The molecule has 2 unspecified atom stereocenters. The normalized spacial score (nSPS) is 18.5. The van der Waals surface area contributed by atoms with Crippen molar-refractivity contribution in [3.8, 4) is 0 Å². The number of rotatable bonds is 1. The number of alkyl halides is 2. The van der Waals surface area contributed by atoms with Crippen molar-refractivity contribution in [1.82, 2.24) is 0 Å². The van der Waals surface area contributed by atoms with E-state index in [1.165, 1.54) is 0 Å². The third-order valence-electron chi connectivity index (χ3n) is 0.492. The third kappa shape index (κ3) is 10.6. The SMILES string of the molecule is NC(O)(Cl)C(N)(O)Cl.O=[C-]O.[Pt]. The van der Waals surface area contributed by atoms with E-state index in [-0.39, 0.29) is 21.1 Å². The van der Waals surface area contributed by atoms with Crippen molar-refractivity contribution in [2.24, 2.45) is 11.5 Å². The summed E-state index contributed by atoms with van der Waals surface area (Å²) in [6, 6.07) is 0. The fourth-order valence-corrected chi connectivity index (χ4v) is 0. The average molecular weight is 401 g/mol. The molecule has 9 heteroatoms. The Balaban J connectivity index is -0.000000177. The minimum absolute atomic E-state index is 0. The van der Waals surface area contributed by atoms with Crippen molar-refractivity contribution in [2.75, 3.05) is 0 Å². The van der Waals surface area contributed by atoms with Gasteiger partial charge < -0.3 is 20.1 Å². The quantitative estimate of drug-likeness (QED) is 0.154. The Labute approximate surface area is 92.7 Å². The van der Waals surface area contributed by atoms with Crippen molar-refractivity contribution >= 4 is 29.7 Å². The maximum absolute atomic E-state index is 8.39. The second-order valence-corrected chi connectivity index (χ2v) is 2.59. The first kappa shape index (κ1) is 18.4. The third-order valence-corrected chi connectivity index (χ3v) is 1.16. The van der Waals surface area contributed by atoms with E-state index in [2.05, 4.69) is 11.5 Å². The number of aliphatic hydroxyl groups is 2. The van der Waals surface area contributed by atoms with Gasteiger partial charge in [-0.05, 0) is 0 Å². The van der Waals surface area contributed by atoms with Crippen LogP contribution in [-0.4, -0.2) is 32.2 Å². The average Bonchev–Trinajstić information content (AvgIpc) is 1.60. The molecule has 0 aromatic heterocycles. The number of aliphatic hydroxyl groups excluding tert-OH is 1. The summed E-state index contributed by atoms with van der Waals surface area (Å²) in [5.41, 5.74) is 9.25. The van der Waals surface area contributed by atoms with Gasteiger partial charge in [-0.25, -0.2) is 0 Å². The van der Waals surface area contributed by atoms with Crippen molar-refractivity contribution in [1.29, 1.82) is 0 Å².